The minimum Gasteiger partial charge on any atom is -0.497 e. The van der Waals surface area contributed by atoms with Gasteiger partial charge in [-0.15, -0.1) is 0 Å². The molecule has 0 fully saturated rings. The van der Waals surface area contributed by atoms with Gasteiger partial charge in [0.1, 0.15) is 11.8 Å². The number of hydrogen-bond donors (Lipinski definition) is 1. The number of carbonyl (C=O) groups is 2. The van der Waals surface area contributed by atoms with E-state index in [-0.39, 0.29) is 36.5 Å². The van der Waals surface area contributed by atoms with Crippen LogP contribution in [0.1, 0.15) is 38.3 Å². The van der Waals surface area contributed by atoms with Crippen LogP contribution in [-0.4, -0.2) is 40.8 Å². The Hall–Kier alpha value is -3.42. The Morgan fingerprint density at radius 1 is 1.13 bits per heavy atom. The van der Waals surface area contributed by atoms with Crippen molar-refractivity contribution < 1.29 is 19.2 Å². The zero-order valence-corrected chi connectivity index (χ0v) is 18.3. The zero-order valence-electron chi connectivity index (χ0n) is 18.3. The number of ether oxygens (including phenoxy) is 1. The van der Waals surface area contributed by atoms with E-state index in [0.717, 1.165) is 12.0 Å². The first kappa shape index (κ1) is 23.9. The van der Waals surface area contributed by atoms with Crippen molar-refractivity contribution in [1.29, 1.82) is 0 Å². The molecule has 0 radical (unpaired) electrons. The highest BCUT2D eigenvalue weighted by molar-refractivity contribution is 5.88. The second-order valence-corrected chi connectivity index (χ2v) is 7.43. The topological polar surface area (TPSA) is 102 Å². The van der Waals surface area contributed by atoms with Gasteiger partial charge in [-0.2, -0.15) is 0 Å². The second kappa shape index (κ2) is 11.1. The molecule has 2 aromatic carbocycles. The van der Waals surface area contributed by atoms with Crippen LogP contribution in [0.5, 0.6) is 5.75 Å². The SMILES string of the molecule is CC[C@H](C)NC(=O)[C@H](C)N(Cc1ccc(OC)cc1)C(=O)Cc1ccccc1[N+](=O)[O-]. The number of nitro benzene ring substituents is 1. The first-order valence-corrected chi connectivity index (χ1v) is 10.2. The smallest absolute Gasteiger partial charge is 0.273 e. The highest BCUT2D eigenvalue weighted by Crippen LogP contribution is 2.21. The normalized spacial score (nSPS) is 12.5. The monoisotopic (exact) mass is 427 g/mol. The molecule has 0 aliphatic rings. The van der Waals surface area contributed by atoms with Gasteiger partial charge in [0.25, 0.3) is 5.69 Å². The van der Waals surface area contributed by atoms with Crippen LogP contribution in [0.15, 0.2) is 48.5 Å². The molecular formula is C23H29N3O5. The summed E-state index contributed by atoms with van der Waals surface area (Å²) in [5.41, 5.74) is 1.02. The molecule has 166 valence electrons. The number of nitrogens with zero attached hydrogens (tertiary/aromatic N) is 2. The molecule has 0 aromatic heterocycles. The highest BCUT2D eigenvalue weighted by Gasteiger charge is 2.28. The number of hydrogen-bond acceptors (Lipinski definition) is 5. The summed E-state index contributed by atoms with van der Waals surface area (Å²) in [5, 5.41) is 14.2. The van der Waals surface area contributed by atoms with E-state index in [1.165, 1.54) is 11.0 Å². The molecule has 0 aliphatic heterocycles. The molecule has 0 bridgehead atoms. The summed E-state index contributed by atoms with van der Waals surface area (Å²) in [6.45, 7) is 5.72. The standard InChI is InChI=1S/C23H29N3O5/c1-5-16(2)24-23(28)17(3)25(15-18-10-12-20(31-4)13-11-18)22(27)14-19-8-6-7-9-21(19)26(29)30/h6-13,16-17H,5,14-15H2,1-4H3,(H,24,28)/t16-,17-/m0/s1. The summed E-state index contributed by atoms with van der Waals surface area (Å²) in [5.74, 6) is 0.0554. The molecule has 2 atom stereocenters. The van der Waals surface area contributed by atoms with Crippen LogP contribution < -0.4 is 10.1 Å². The minimum absolute atomic E-state index is 0.0249. The van der Waals surface area contributed by atoms with E-state index < -0.39 is 11.0 Å². The second-order valence-electron chi connectivity index (χ2n) is 7.43. The number of nitro groups is 1. The van der Waals surface area contributed by atoms with Crippen LogP contribution in [-0.2, 0) is 22.6 Å². The van der Waals surface area contributed by atoms with E-state index >= 15 is 0 Å². The van der Waals surface area contributed by atoms with Gasteiger partial charge in [-0.3, -0.25) is 19.7 Å². The number of nitrogens with one attached hydrogen (secondary N) is 1. The molecule has 8 heteroatoms. The van der Waals surface area contributed by atoms with Crippen molar-refractivity contribution in [3.63, 3.8) is 0 Å². The lowest BCUT2D eigenvalue weighted by Gasteiger charge is -2.29. The van der Waals surface area contributed by atoms with Gasteiger partial charge in [0.2, 0.25) is 11.8 Å². The van der Waals surface area contributed by atoms with Crippen LogP contribution in [0.4, 0.5) is 5.69 Å². The van der Waals surface area contributed by atoms with Gasteiger partial charge in [-0.1, -0.05) is 37.3 Å². The number of rotatable bonds is 10. The van der Waals surface area contributed by atoms with Crippen molar-refractivity contribution in [1.82, 2.24) is 10.2 Å². The maximum absolute atomic E-state index is 13.2. The third-order valence-electron chi connectivity index (χ3n) is 5.21. The van der Waals surface area contributed by atoms with E-state index in [0.29, 0.717) is 11.3 Å². The van der Waals surface area contributed by atoms with Crippen molar-refractivity contribution in [2.45, 2.75) is 52.2 Å². The maximum Gasteiger partial charge on any atom is 0.273 e. The van der Waals surface area contributed by atoms with Crippen molar-refractivity contribution in [3.05, 3.63) is 69.8 Å². The number of para-hydroxylation sites is 1. The third-order valence-corrected chi connectivity index (χ3v) is 5.21. The van der Waals surface area contributed by atoms with Gasteiger partial charge in [0.05, 0.1) is 18.5 Å². The fourth-order valence-corrected chi connectivity index (χ4v) is 3.08. The van der Waals surface area contributed by atoms with Crippen molar-refractivity contribution in [2.75, 3.05) is 7.11 Å². The number of methoxy groups -OCH3 is 1. The van der Waals surface area contributed by atoms with Crippen molar-refractivity contribution in [3.8, 4) is 5.75 Å². The Morgan fingerprint density at radius 2 is 1.77 bits per heavy atom. The van der Waals surface area contributed by atoms with Crippen LogP contribution in [0.3, 0.4) is 0 Å². The van der Waals surface area contributed by atoms with E-state index in [4.69, 9.17) is 4.74 Å². The summed E-state index contributed by atoms with van der Waals surface area (Å²) in [7, 11) is 1.57. The molecule has 0 unspecified atom stereocenters. The van der Waals surface area contributed by atoms with Crippen LogP contribution in [0.2, 0.25) is 0 Å². The summed E-state index contributed by atoms with van der Waals surface area (Å²) in [4.78, 5) is 38.2. The molecule has 2 amide bonds. The summed E-state index contributed by atoms with van der Waals surface area (Å²) in [6, 6.07) is 12.6. The Morgan fingerprint density at radius 3 is 2.35 bits per heavy atom. The molecule has 0 saturated carbocycles. The van der Waals surface area contributed by atoms with E-state index in [2.05, 4.69) is 5.32 Å². The zero-order chi connectivity index (χ0) is 23.0. The van der Waals surface area contributed by atoms with Crippen LogP contribution in [0, 0.1) is 10.1 Å². The summed E-state index contributed by atoms with van der Waals surface area (Å²) in [6.07, 6.45) is 0.593. The Balaban J connectivity index is 2.30. The van der Waals surface area contributed by atoms with E-state index in [9.17, 15) is 19.7 Å². The Labute approximate surface area is 182 Å². The van der Waals surface area contributed by atoms with Gasteiger partial charge in [0, 0.05) is 24.2 Å². The molecule has 8 nitrogen and oxygen atoms in total. The summed E-state index contributed by atoms with van der Waals surface area (Å²) < 4.78 is 5.17. The van der Waals surface area contributed by atoms with E-state index in [1.54, 1.807) is 44.4 Å². The molecule has 2 rings (SSSR count). The lowest BCUT2D eigenvalue weighted by Crippen LogP contribution is -2.49. The Bertz CT molecular complexity index is 914. The highest BCUT2D eigenvalue weighted by atomic mass is 16.6. The lowest BCUT2D eigenvalue weighted by atomic mass is 10.1. The summed E-state index contributed by atoms with van der Waals surface area (Å²) >= 11 is 0. The average molecular weight is 428 g/mol. The number of benzene rings is 2. The fourth-order valence-electron chi connectivity index (χ4n) is 3.08. The molecule has 1 N–H and O–H groups in total. The minimum atomic E-state index is -0.744. The fraction of sp³-hybridized carbons (Fsp3) is 0.391. The largest absolute Gasteiger partial charge is 0.497 e. The van der Waals surface area contributed by atoms with Gasteiger partial charge in [0.15, 0.2) is 0 Å². The quantitative estimate of drug-likeness (QED) is 0.462. The maximum atomic E-state index is 13.2. The predicted octanol–water partition coefficient (Wildman–Crippen LogP) is 3.48. The number of carbonyl (C=O) groups excluding carboxylic acids is 2. The van der Waals surface area contributed by atoms with E-state index in [1.807, 2.05) is 26.0 Å². The molecule has 2 aromatic rings. The van der Waals surface area contributed by atoms with Gasteiger partial charge < -0.3 is 15.0 Å². The van der Waals surface area contributed by atoms with Gasteiger partial charge >= 0.3 is 0 Å². The van der Waals surface area contributed by atoms with Crippen molar-refractivity contribution >= 4 is 17.5 Å². The Kier molecular flexibility index (Phi) is 8.54. The first-order valence-electron chi connectivity index (χ1n) is 10.2. The van der Waals surface area contributed by atoms with Gasteiger partial charge in [-0.25, -0.2) is 0 Å². The molecular weight excluding hydrogens is 398 g/mol. The molecule has 0 aliphatic carbocycles. The molecule has 31 heavy (non-hydrogen) atoms. The molecule has 0 saturated heterocycles. The van der Waals surface area contributed by atoms with Crippen LogP contribution >= 0.6 is 0 Å². The first-order chi connectivity index (χ1) is 14.8. The third kappa shape index (κ3) is 6.53. The van der Waals surface area contributed by atoms with Crippen molar-refractivity contribution in [2.24, 2.45) is 0 Å². The van der Waals surface area contributed by atoms with Gasteiger partial charge in [-0.05, 0) is 38.0 Å². The molecule has 0 spiro atoms. The average Bonchev–Trinajstić information content (AvgIpc) is 2.77. The van der Waals surface area contributed by atoms with Crippen LogP contribution in [0.25, 0.3) is 0 Å². The number of amides is 2. The lowest BCUT2D eigenvalue weighted by molar-refractivity contribution is -0.385. The predicted molar refractivity (Wildman–Crippen MR) is 118 cm³/mol. The molecule has 0 heterocycles.